The maximum atomic E-state index is 5.78. The standard InChI is InChI=1S/C21H30N4O2S.HI/c1-22-21(23-12-13-27-15-16-8-4-6-10-18(16)26-3)25(2)14-20-24-17-9-5-7-11-19(17)28-20;/h4,6,8,10H,5,7,9,11-15H2,1-3H3,(H,22,23);1H. The van der Waals surface area contributed by atoms with E-state index in [2.05, 4.69) is 15.2 Å². The minimum absolute atomic E-state index is 0. The second-order valence-corrected chi connectivity index (χ2v) is 8.05. The molecule has 0 fully saturated rings. The monoisotopic (exact) mass is 530 g/mol. The number of aryl methyl sites for hydroxylation is 2. The smallest absolute Gasteiger partial charge is 0.193 e. The first-order chi connectivity index (χ1) is 13.7. The zero-order valence-corrected chi connectivity index (χ0v) is 20.6. The summed E-state index contributed by atoms with van der Waals surface area (Å²) in [6, 6.07) is 7.92. The summed E-state index contributed by atoms with van der Waals surface area (Å²) in [7, 11) is 5.53. The molecule has 3 rings (SSSR count). The predicted octanol–water partition coefficient (Wildman–Crippen LogP) is 3.87. The van der Waals surface area contributed by atoms with Crippen molar-refractivity contribution < 1.29 is 9.47 Å². The highest BCUT2D eigenvalue weighted by atomic mass is 127. The number of aliphatic imine (C=N–C) groups is 1. The van der Waals surface area contributed by atoms with Crippen LogP contribution in [-0.4, -0.2) is 50.2 Å². The van der Waals surface area contributed by atoms with E-state index in [1.807, 2.05) is 42.6 Å². The Morgan fingerprint density at radius 1 is 1.28 bits per heavy atom. The first-order valence-electron chi connectivity index (χ1n) is 9.80. The number of hydrogen-bond acceptors (Lipinski definition) is 5. The Kier molecular flexibility index (Phi) is 10.2. The van der Waals surface area contributed by atoms with Crippen LogP contribution < -0.4 is 10.1 Å². The van der Waals surface area contributed by atoms with Crippen LogP contribution in [0.3, 0.4) is 0 Å². The molecule has 1 N–H and O–H groups in total. The molecule has 1 aliphatic carbocycles. The van der Waals surface area contributed by atoms with E-state index in [0.29, 0.717) is 19.8 Å². The maximum Gasteiger partial charge on any atom is 0.193 e. The van der Waals surface area contributed by atoms with Gasteiger partial charge in [0.05, 0.1) is 32.6 Å². The van der Waals surface area contributed by atoms with Gasteiger partial charge in [0.25, 0.3) is 0 Å². The van der Waals surface area contributed by atoms with E-state index in [0.717, 1.165) is 30.2 Å². The summed E-state index contributed by atoms with van der Waals surface area (Å²) >= 11 is 1.85. The first-order valence-corrected chi connectivity index (χ1v) is 10.6. The first kappa shape index (κ1) is 23.9. The number of hydrogen-bond donors (Lipinski definition) is 1. The number of thiazole rings is 1. The summed E-state index contributed by atoms with van der Waals surface area (Å²) in [6.07, 6.45) is 4.88. The molecule has 0 aliphatic heterocycles. The Hall–Kier alpha value is -1.39. The van der Waals surface area contributed by atoms with Gasteiger partial charge >= 0.3 is 0 Å². The molecule has 1 aliphatic rings. The summed E-state index contributed by atoms with van der Waals surface area (Å²) in [5, 5.41) is 4.53. The van der Waals surface area contributed by atoms with Gasteiger partial charge in [-0.15, -0.1) is 35.3 Å². The molecular formula is C21H31IN4O2S. The summed E-state index contributed by atoms with van der Waals surface area (Å²) in [4.78, 5) is 12.8. The Balaban J connectivity index is 0.00000300. The fourth-order valence-electron chi connectivity index (χ4n) is 3.37. The summed E-state index contributed by atoms with van der Waals surface area (Å²) in [6.45, 7) is 2.60. The largest absolute Gasteiger partial charge is 0.496 e. The zero-order valence-electron chi connectivity index (χ0n) is 17.4. The van der Waals surface area contributed by atoms with Crippen LogP contribution in [0.25, 0.3) is 0 Å². The molecule has 2 aromatic rings. The van der Waals surface area contributed by atoms with E-state index in [1.54, 1.807) is 14.2 Å². The topological polar surface area (TPSA) is 59.0 Å². The third-order valence-electron chi connectivity index (χ3n) is 4.82. The Morgan fingerprint density at radius 3 is 2.83 bits per heavy atom. The number of fused-ring (bicyclic) bond motifs is 1. The lowest BCUT2D eigenvalue weighted by atomic mass is 10.0. The molecule has 0 amide bonds. The fraction of sp³-hybridized carbons (Fsp3) is 0.524. The lowest BCUT2D eigenvalue weighted by Gasteiger charge is -2.21. The van der Waals surface area contributed by atoms with Crippen LogP contribution in [0, 0.1) is 0 Å². The molecule has 0 spiro atoms. The van der Waals surface area contributed by atoms with Crippen LogP contribution in [0.2, 0.25) is 0 Å². The van der Waals surface area contributed by atoms with Crippen molar-refractivity contribution in [2.24, 2.45) is 4.99 Å². The van der Waals surface area contributed by atoms with Gasteiger partial charge < -0.3 is 19.7 Å². The number of benzene rings is 1. The van der Waals surface area contributed by atoms with Crippen LogP contribution in [0.1, 0.15) is 34.0 Å². The quantitative estimate of drug-likeness (QED) is 0.243. The number of methoxy groups -OCH3 is 1. The zero-order chi connectivity index (χ0) is 19.8. The molecule has 29 heavy (non-hydrogen) atoms. The number of rotatable bonds is 8. The third-order valence-corrected chi connectivity index (χ3v) is 5.96. The van der Waals surface area contributed by atoms with Crippen LogP contribution in [0.5, 0.6) is 5.75 Å². The molecule has 0 saturated carbocycles. The minimum atomic E-state index is 0. The van der Waals surface area contributed by atoms with Crippen molar-refractivity contribution in [2.75, 3.05) is 34.4 Å². The Bertz CT molecular complexity index is 773. The summed E-state index contributed by atoms with van der Waals surface area (Å²) < 4.78 is 11.1. The van der Waals surface area contributed by atoms with Gasteiger partial charge in [-0.3, -0.25) is 4.99 Å². The average Bonchev–Trinajstić information content (AvgIpc) is 3.13. The van der Waals surface area contributed by atoms with Crippen molar-refractivity contribution in [2.45, 2.75) is 38.8 Å². The average molecular weight is 530 g/mol. The van der Waals surface area contributed by atoms with Crippen molar-refractivity contribution >= 4 is 41.3 Å². The van der Waals surface area contributed by atoms with Gasteiger partial charge in [0.15, 0.2) is 5.96 Å². The molecule has 160 valence electrons. The fourth-order valence-corrected chi connectivity index (χ4v) is 4.59. The lowest BCUT2D eigenvalue weighted by Crippen LogP contribution is -2.39. The molecule has 0 unspecified atom stereocenters. The van der Waals surface area contributed by atoms with E-state index < -0.39 is 0 Å². The van der Waals surface area contributed by atoms with E-state index >= 15 is 0 Å². The number of ether oxygens (including phenoxy) is 2. The molecule has 1 heterocycles. The van der Waals surface area contributed by atoms with Crippen LogP contribution in [0.15, 0.2) is 29.3 Å². The van der Waals surface area contributed by atoms with Gasteiger partial charge in [0.2, 0.25) is 0 Å². The second kappa shape index (κ2) is 12.3. The molecule has 6 nitrogen and oxygen atoms in total. The molecule has 1 aromatic carbocycles. The van der Waals surface area contributed by atoms with Gasteiger partial charge in [-0.05, 0) is 31.7 Å². The Morgan fingerprint density at radius 2 is 2.07 bits per heavy atom. The third kappa shape index (κ3) is 6.82. The van der Waals surface area contributed by atoms with E-state index in [-0.39, 0.29) is 24.0 Å². The highest BCUT2D eigenvalue weighted by Gasteiger charge is 2.16. The molecule has 0 radical (unpaired) electrons. The lowest BCUT2D eigenvalue weighted by molar-refractivity contribution is 0.123. The van der Waals surface area contributed by atoms with Gasteiger partial charge in [-0.2, -0.15) is 0 Å². The SMILES string of the molecule is CN=C(NCCOCc1ccccc1OC)N(C)Cc1nc2c(s1)CCCC2.I. The van der Waals surface area contributed by atoms with Crippen LogP contribution >= 0.6 is 35.3 Å². The summed E-state index contributed by atoms with van der Waals surface area (Å²) in [5.41, 5.74) is 2.37. The minimum Gasteiger partial charge on any atom is -0.496 e. The number of para-hydroxylation sites is 1. The Labute approximate surface area is 194 Å². The molecule has 0 bridgehead atoms. The second-order valence-electron chi connectivity index (χ2n) is 6.88. The van der Waals surface area contributed by atoms with Crippen molar-refractivity contribution in [3.05, 3.63) is 45.4 Å². The predicted molar refractivity (Wildman–Crippen MR) is 130 cm³/mol. The highest BCUT2D eigenvalue weighted by molar-refractivity contribution is 14.0. The number of nitrogens with one attached hydrogen (secondary N) is 1. The van der Waals surface area contributed by atoms with Crippen LogP contribution in [0.4, 0.5) is 0 Å². The van der Waals surface area contributed by atoms with Gasteiger partial charge in [-0.25, -0.2) is 4.98 Å². The van der Waals surface area contributed by atoms with Crippen LogP contribution in [-0.2, 0) is 30.7 Å². The number of halogens is 1. The molecule has 1 aromatic heterocycles. The van der Waals surface area contributed by atoms with E-state index in [4.69, 9.17) is 14.5 Å². The molecular weight excluding hydrogens is 499 g/mol. The van der Waals surface area contributed by atoms with Crippen molar-refractivity contribution in [1.82, 2.24) is 15.2 Å². The van der Waals surface area contributed by atoms with Crippen molar-refractivity contribution in [3.63, 3.8) is 0 Å². The van der Waals surface area contributed by atoms with Gasteiger partial charge in [0.1, 0.15) is 10.8 Å². The van der Waals surface area contributed by atoms with Gasteiger partial charge in [-0.1, -0.05) is 18.2 Å². The number of nitrogens with zero attached hydrogens (tertiary/aromatic N) is 3. The molecule has 0 saturated heterocycles. The van der Waals surface area contributed by atoms with Gasteiger partial charge in [0, 0.05) is 31.1 Å². The molecule has 8 heteroatoms. The number of aromatic nitrogens is 1. The van der Waals surface area contributed by atoms with Crippen molar-refractivity contribution in [1.29, 1.82) is 0 Å². The summed E-state index contributed by atoms with van der Waals surface area (Å²) in [5.74, 6) is 1.71. The number of guanidine groups is 1. The molecule has 0 atom stereocenters. The highest BCUT2D eigenvalue weighted by Crippen LogP contribution is 2.27. The van der Waals surface area contributed by atoms with E-state index in [1.165, 1.54) is 34.8 Å². The normalized spacial score (nSPS) is 13.4. The van der Waals surface area contributed by atoms with E-state index in [9.17, 15) is 0 Å². The van der Waals surface area contributed by atoms with Crippen molar-refractivity contribution in [3.8, 4) is 5.75 Å². The maximum absolute atomic E-state index is 5.78.